The molecule has 0 radical (unpaired) electrons. The Labute approximate surface area is 78.9 Å². The van der Waals surface area contributed by atoms with Crippen LogP contribution in [0.4, 0.5) is 5.69 Å². The van der Waals surface area contributed by atoms with Crippen LogP contribution in [0.5, 0.6) is 5.88 Å². The molecule has 1 heterocycles. The molecule has 1 aromatic heterocycles. The number of aryl methyl sites for hydroxylation is 1. The van der Waals surface area contributed by atoms with Crippen molar-refractivity contribution in [2.24, 2.45) is 0 Å². The Balaban J connectivity index is 2.90. The van der Waals surface area contributed by atoms with E-state index >= 15 is 0 Å². The van der Waals surface area contributed by atoms with E-state index in [0.29, 0.717) is 11.6 Å². The van der Waals surface area contributed by atoms with Crippen molar-refractivity contribution in [3.05, 3.63) is 17.8 Å². The third-order valence-corrected chi connectivity index (χ3v) is 1.42. The third kappa shape index (κ3) is 2.93. The van der Waals surface area contributed by atoms with Crippen LogP contribution in [0.1, 0.15) is 26.3 Å². The Bertz CT molecular complexity index is 302. The molecule has 13 heavy (non-hydrogen) atoms. The van der Waals surface area contributed by atoms with Gasteiger partial charge in [0.25, 0.3) is 0 Å². The number of pyridine rings is 1. The summed E-state index contributed by atoms with van der Waals surface area (Å²) in [6.45, 7) is 7.85. The number of nitrogens with zero attached hydrogens (tertiary/aromatic N) is 1. The van der Waals surface area contributed by atoms with Gasteiger partial charge in [0.15, 0.2) is 0 Å². The van der Waals surface area contributed by atoms with Crippen LogP contribution >= 0.6 is 0 Å². The number of hydrogen-bond acceptors (Lipinski definition) is 3. The molecule has 0 spiro atoms. The minimum atomic E-state index is -0.254. The zero-order valence-electron chi connectivity index (χ0n) is 8.59. The van der Waals surface area contributed by atoms with Gasteiger partial charge < -0.3 is 10.5 Å². The number of nitrogens with two attached hydrogens (primary N) is 1. The van der Waals surface area contributed by atoms with Crippen LogP contribution in [0.25, 0.3) is 0 Å². The molecule has 1 aromatic rings. The fraction of sp³-hybridized carbons (Fsp3) is 0.500. The minimum Gasteiger partial charge on any atom is -0.470 e. The van der Waals surface area contributed by atoms with E-state index in [1.54, 1.807) is 6.20 Å². The van der Waals surface area contributed by atoms with Gasteiger partial charge in [-0.25, -0.2) is 4.98 Å². The van der Waals surface area contributed by atoms with Crippen LogP contribution in [0.3, 0.4) is 0 Å². The van der Waals surface area contributed by atoms with Crippen molar-refractivity contribution in [1.29, 1.82) is 0 Å². The number of nitrogen functional groups attached to an aromatic ring is 1. The summed E-state index contributed by atoms with van der Waals surface area (Å²) in [6.07, 6.45) is 1.75. The summed E-state index contributed by atoms with van der Waals surface area (Å²) < 4.78 is 5.55. The second kappa shape index (κ2) is 3.24. The van der Waals surface area contributed by atoms with Gasteiger partial charge in [0.05, 0.1) is 5.69 Å². The van der Waals surface area contributed by atoms with Gasteiger partial charge in [-0.15, -0.1) is 0 Å². The molecule has 72 valence electrons. The average molecular weight is 180 g/mol. The monoisotopic (exact) mass is 180 g/mol. The van der Waals surface area contributed by atoms with E-state index in [0.717, 1.165) is 5.56 Å². The number of ether oxygens (including phenoxy) is 1. The van der Waals surface area contributed by atoms with Gasteiger partial charge >= 0.3 is 0 Å². The van der Waals surface area contributed by atoms with Crippen LogP contribution in [-0.2, 0) is 0 Å². The first-order valence-electron chi connectivity index (χ1n) is 4.29. The maximum absolute atomic E-state index is 5.74. The van der Waals surface area contributed by atoms with E-state index in [2.05, 4.69) is 4.98 Å². The first kappa shape index (κ1) is 9.84. The van der Waals surface area contributed by atoms with Gasteiger partial charge in [-0.2, -0.15) is 0 Å². The predicted octanol–water partition coefficient (Wildman–Crippen LogP) is 2.15. The summed E-state index contributed by atoms with van der Waals surface area (Å²) >= 11 is 0. The predicted molar refractivity (Wildman–Crippen MR) is 53.8 cm³/mol. The Morgan fingerprint density at radius 1 is 1.38 bits per heavy atom. The summed E-state index contributed by atoms with van der Waals surface area (Å²) in [4.78, 5) is 4.12. The molecule has 0 unspecified atom stereocenters. The highest BCUT2D eigenvalue weighted by molar-refractivity contribution is 5.49. The standard InChI is InChI=1S/C10H16N2O/c1-7-5-8(11)9(12-6-7)13-10(2,3)4/h5-6H,11H2,1-4H3. The van der Waals surface area contributed by atoms with E-state index in [4.69, 9.17) is 10.5 Å². The van der Waals surface area contributed by atoms with Crippen LogP contribution in [0.15, 0.2) is 12.3 Å². The van der Waals surface area contributed by atoms with Crippen molar-refractivity contribution >= 4 is 5.69 Å². The van der Waals surface area contributed by atoms with Crippen molar-refractivity contribution in [2.45, 2.75) is 33.3 Å². The van der Waals surface area contributed by atoms with Gasteiger partial charge in [-0.05, 0) is 39.3 Å². The summed E-state index contributed by atoms with van der Waals surface area (Å²) in [5.74, 6) is 0.512. The quantitative estimate of drug-likeness (QED) is 0.720. The van der Waals surface area contributed by atoms with E-state index in [-0.39, 0.29) is 5.60 Å². The molecule has 0 atom stereocenters. The average Bonchev–Trinajstić information content (AvgIpc) is 1.93. The van der Waals surface area contributed by atoms with E-state index in [1.165, 1.54) is 0 Å². The van der Waals surface area contributed by atoms with Crippen molar-refractivity contribution < 1.29 is 4.74 Å². The van der Waals surface area contributed by atoms with Gasteiger partial charge in [0, 0.05) is 6.20 Å². The molecular weight excluding hydrogens is 164 g/mol. The Morgan fingerprint density at radius 3 is 2.46 bits per heavy atom. The van der Waals surface area contributed by atoms with Crippen LogP contribution in [-0.4, -0.2) is 10.6 Å². The van der Waals surface area contributed by atoms with Crippen LogP contribution in [0, 0.1) is 6.92 Å². The van der Waals surface area contributed by atoms with Crippen molar-refractivity contribution in [2.75, 3.05) is 5.73 Å². The lowest BCUT2D eigenvalue weighted by Crippen LogP contribution is -2.24. The molecule has 0 fully saturated rings. The molecular formula is C10H16N2O. The Kier molecular flexibility index (Phi) is 2.45. The molecule has 0 saturated carbocycles. The van der Waals surface area contributed by atoms with E-state index in [9.17, 15) is 0 Å². The lowest BCUT2D eigenvalue weighted by Gasteiger charge is -2.21. The SMILES string of the molecule is Cc1cnc(OC(C)(C)C)c(N)c1. The number of anilines is 1. The summed E-state index contributed by atoms with van der Waals surface area (Å²) in [7, 11) is 0. The van der Waals surface area contributed by atoms with Gasteiger partial charge in [-0.3, -0.25) is 0 Å². The normalized spacial score (nSPS) is 11.4. The minimum absolute atomic E-state index is 0.254. The second-order valence-corrected chi connectivity index (χ2v) is 4.12. The zero-order valence-corrected chi connectivity index (χ0v) is 8.59. The van der Waals surface area contributed by atoms with Crippen molar-refractivity contribution in [1.82, 2.24) is 4.98 Å². The van der Waals surface area contributed by atoms with Crippen molar-refractivity contribution in [3.8, 4) is 5.88 Å². The highest BCUT2D eigenvalue weighted by Crippen LogP contribution is 2.22. The lowest BCUT2D eigenvalue weighted by atomic mass is 10.2. The molecule has 3 heteroatoms. The molecule has 0 aromatic carbocycles. The molecule has 0 aliphatic carbocycles. The first-order chi connectivity index (χ1) is 5.88. The third-order valence-electron chi connectivity index (χ3n) is 1.42. The summed E-state index contributed by atoms with van der Waals surface area (Å²) in [6, 6.07) is 1.86. The first-order valence-corrected chi connectivity index (χ1v) is 4.29. The van der Waals surface area contributed by atoms with E-state index < -0.39 is 0 Å². The Morgan fingerprint density at radius 2 is 2.00 bits per heavy atom. The highest BCUT2D eigenvalue weighted by atomic mass is 16.5. The fourth-order valence-corrected chi connectivity index (χ4v) is 0.955. The number of hydrogen-bond donors (Lipinski definition) is 1. The zero-order chi connectivity index (χ0) is 10.1. The lowest BCUT2D eigenvalue weighted by molar-refractivity contribution is 0.125. The number of aromatic nitrogens is 1. The molecule has 3 nitrogen and oxygen atoms in total. The summed E-state index contributed by atoms with van der Waals surface area (Å²) in [5, 5.41) is 0. The molecule has 0 bridgehead atoms. The molecule has 2 N–H and O–H groups in total. The Hall–Kier alpha value is -1.25. The second-order valence-electron chi connectivity index (χ2n) is 4.12. The van der Waals surface area contributed by atoms with E-state index in [1.807, 2.05) is 33.8 Å². The maximum atomic E-state index is 5.74. The fourth-order valence-electron chi connectivity index (χ4n) is 0.955. The largest absolute Gasteiger partial charge is 0.470 e. The molecule has 1 rings (SSSR count). The maximum Gasteiger partial charge on any atom is 0.237 e. The molecule has 0 amide bonds. The number of rotatable bonds is 1. The van der Waals surface area contributed by atoms with Crippen LogP contribution < -0.4 is 10.5 Å². The summed E-state index contributed by atoms with van der Waals surface area (Å²) in [5.41, 5.74) is 7.12. The van der Waals surface area contributed by atoms with Crippen LogP contribution in [0.2, 0.25) is 0 Å². The topological polar surface area (TPSA) is 48.1 Å². The van der Waals surface area contributed by atoms with Gasteiger partial charge in [0.2, 0.25) is 5.88 Å². The van der Waals surface area contributed by atoms with Gasteiger partial charge in [-0.1, -0.05) is 0 Å². The molecule has 0 aliphatic rings. The van der Waals surface area contributed by atoms with Gasteiger partial charge in [0.1, 0.15) is 5.60 Å². The molecule has 0 aliphatic heterocycles. The smallest absolute Gasteiger partial charge is 0.237 e. The molecule has 0 saturated heterocycles. The van der Waals surface area contributed by atoms with Crippen molar-refractivity contribution in [3.63, 3.8) is 0 Å². The highest BCUT2D eigenvalue weighted by Gasteiger charge is 2.14.